The fourth-order valence-electron chi connectivity index (χ4n) is 2.33. The van der Waals surface area contributed by atoms with Gasteiger partial charge in [-0.1, -0.05) is 36.4 Å². The second-order valence-corrected chi connectivity index (χ2v) is 6.54. The van der Waals surface area contributed by atoms with Gasteiger partial charge >= 0.3 is 0 Å². The number of aryl methyl sites for hydroxylation is 3. The molecule has 0 unspecified atom stereocenters. The van der Waals surface area contributed by atoms with Gasteiger partial charge in [0.05, 0.1) is 5.69 Å². The average molecular weight is 341 g/mol. The Kier molecular flexibility index (Phi) is 4.85. The molecule has 3 rings (SSSR count). The van der Waals surface area contributed by atoms with Gasteiger partial charge in [-0.05, 0) is 32.4 Å². The first-order chi connectivity index (χ1) is 11.5. The molecule has 2 heterocycles. The molecule has 0 radical (unpaired) electrons. The van der Waals surface area contributed by atoms with Crippen LogP contribution in [0.15, 0.2) is 44.7 Å². The van der Waals surface area contributed by atoms with Gasteiger partial charge in [0.1, 0.15) is 5.76 Å². The maximum Gasteiger partial charge on any atom is 0.251 e. The monoisotopic (exact) mass is 341 g/mol. The molecule has 0 fully saturated rings. The third-order valence-corrected chi connectivity index (χ3v) is 4.52. The number of hydrogen-bond donors (Lipinski definition) is 1. The van der Waals surface area contributed by atoms with Crippen LogP contribution in [-0.4, -0.2) is 15.0 Å². The van der Waals surface area contributed by atoms with Crippen LogP contribution < -0.4 is 5.56 Å². The highest BCUT2D eigenvalue weighted by atomic mass is 32.2. The Labute approximate surface area is 144 Å². The van der Waals surface area contributed by atoms with Gasteiger partial charge in [0.2, 0.25) is 5.89 Å². The molecule has 0 spiro atoms. The second-order valence-electron chi connectivity index (χ2n) is 5.58. The summed E-state index contributed by atoms with van der Waals surface area (Å²) in [7, 11) is 0. The van der Waals surface area contributed by atoms with Crippen LogP contribution in [0.4, 0.5) is 0 Å². The van der Waals surface area contributed by atoms with Gasteiger partial charge in [0, 0.05) is 23.1 Å². The minimum absolute atomic E-state index is 0.123. The maximum absolute atomic E-state index is 11.6. The standard InChI is InChI=1S/C18H19N3O2S/c1-4-14-9-16(22)21-18(19-14)24-10-15-12(3)23-17(20-15)13-7-5-6-11(2)8-13/h5-9H,4,10H2,1-3H3,(H,19,21,22). The Morgan fingerprint density at radius 2 is 2.04 bits per heavy atom. The lowest BCUT2D eigenvalue weighted by atomic mass is 10.1. The summed E-state index contributed by atoms with van der Waals surface area (Å²) in [5.41, 5.74) is 3.66. The van der Waals surface area contributed by atoms with Crippen molar-refractivity contribution in [2.24, 2.45) is 0 Å². The Hall–Kier alpha value is -2.34. The fourth-order valence-corrected chi connectivity index (χ4v) is 3.23. The van der Waals surface area contributed by atoms with E-state index in [1.165, 1.54) is 17.8 Å². The molecular formula is C18H19N3O2S. The zero-order valence-electron chi connectivity index (χ0n) is 13.9. The first-order valence-corrected chi connectivity index (χ1v) is 8.80. The summed E-state index contributed by atoms with van der Waals surface area (Å²) in [5.74, 6) is 2.00. The van der Waals surface area contributed by atoms with Gasteiger partial charge < -0.3 is 9.40 Å². The molecule has 124 valence electrons. The number of benzene rings is 1. The third-order valence-electron chi connectivity index (χ3n) is 3.64. The molecule has 0 saturated heterocycles. The average Bonchev–Trinajstić information content (AvgIpc) is 2.93. The Morgan fingerprint density at radius 1 is 1.21 bits per heavy atom. The number of thioether (sulfide) groups is 1. The molecule has 0 aliphatic heterocycles. The van der Waals surface area contributed by atoms with E-state index >= 15 is 0 Å². The second kappa shape index (κ2) is 7.05. The van der Waals surface area contributed by atoms with E-state index in [9.17, 15) is 4.79 Å². The molecule has 1 aromatic carbocycles. The molecule has 0 aliphatic carbocycles. The molecule has 3 aromatic rings. The molecular weight excluding hydrogens is 322 g/mol. The van der Waals surface area contributed by atoms with E-state index in [1.807, 2.05) is 45.0 Å². The van der Waals surface area contributed by atoms with E-state index < -0.39 is 0 Å². The van der Waals surface area contributed by atoms with Gasteiger partial charge in [-0.3, -0.25) is 4.79 Å². The summed E-state index contributed by atoms with van der Waals surface area (Å²) < 4.78 is 5.80. The number of aromatic nitrogens is 3. The van der Waals surface area contributed by atoms with E-state index in [-0.39, 0.29) is 5.56 Å². The van der Waals surface area contributed by atoms with E-state index in [0.29, 0.717) is 16.8 Å². The van der Waals surface area contributed by atoms with Crippen molar-refractivity contribution < 1.29 is 4.42 Å². The number of hydrogen-bond acceptors (Lipinski definition) is 5. The Bertz CT molecular complexity index is 915. The quantitative estimate of drug-likeness (QED) is 0.563. The molecule has 24 heavy (non-hydrogen) atoms. The molecule has 6 heteroatoms. The van der Waals surface area contributed by atoms with Crippen LogP contribution >= 0.6 is 11.8 Å². The first-order valence-electron chi connectivity index (χ1n) is 7.81. The molecule has 0 saturated carbocycles. The minimum atomic E-state index is -0.123. The minimum Gasteiger partial charge on any atom is -0.441 e. The highest BCUT2D eigenvalue weighted by molar-refractivity contribution is 7.98. The number of oxazole rings is 1. The largest absolute Gasteiger partial charge is 0.441 e. The highest BCUT2D eigenvalue weighted by Crippen LogP contribution is 2.26. The number of H-pyrrole nitrogens is 1. The fraction of sp³-hybridized carbons (Fsp3) is 0.278. The van der Waals surface area contributed by atoms with Crippen LogP contribution in [0, 0.1) is 13.8 Å². The van der Waals surface area contributed by atoms with Crippen LogP contribution in [0.3, 0.4) is 0 Å². The van der Waals surface area contributed by atoms with Gasteiger partial charge in [-0.25, -0.2) is 9.97 Å². The predicted octanol–water partition coefficient (Wildman–Crippen LogP) is 3.90. The lowest BCUT2D eigenvalue weighted by Gasteiger charge is -2.01. The molecule has 0 amide bonds. The van der Waals surface area contributed by atoms with Crippen LogP contribution in [0.2, 0.25) is 0 Å². The highest BCUT2D eigenvalue weighted by Gasteiger charge is 2.12. The number of rotatable bonds is 5. The maximum atomic E-state index is 11.6. The SMILES string of the molecule is CCc1cc(=O)[nH]c(SCc2nc(-c3cccc(C)c3)oc2C)n1. The summed E-state index contributed by atoms with van der Waals surface area (Å²) in [5, 5.41) is 0.610. The number of nitrogens with zero attached hydrogens (tertiary/aromatic N) is 2. The van der Waals surface area contributed by atoms with Crippen molar-refractivity contribution in [1.82, 2.24) is 15.0 Å². The van der Waals surface area contributed by atoms with Crippen molar-refractivity contribution in [1.29, 1.82) is 0 Å². The van der Waals surface area contributed by atoms with E-state index in [2.05, 4.69) is 15.0 Å². The lowest BCUT2D eigenvalue weighted by Crippen LogP contribution is -2.09. The Balaban J connectivity index is 1.79. The van der Waals surface area contributed by atoms with Gasteiger partial charge in [0.25, 0.3) is 5.56 Å². The molecule has 0 aliphatic rings. The van der Waals surface area contributed by atoms with Crippen molar-refractivity contribution in [3.63, 3.8) is 0 Å². The molecule has 1 N–H and O–H groups in total. The van der Waals surface area contributed by atoms with E-state index in [0.717, 1.165) is 34.7 Å². The molecule has 2 aromatic heterocycles. The van der Waals surface area contributed by atoms with Crippen molar-refractivity contribution in [2.45, 2.75) is 38.1 Å². The van der Waals surface area contributed by atoms with Crippen molar-refractivity contribution in [2.75, 3.05) is 0 Å². The van der Waals surface area contributed by atoms with E-state index in [1.54, 1.807) is 0 Å². The number of aromatic amines is 1. The van der Waals surface area contributed by atoms with Crippen LogP contribution in [0.25, 0.3) is 11.5 Å². The summed E-state index contributed by atoms with van der Waals surface area (Å²) in [6.07, 6.45) is 0.734. The number of nitrogens with one attached hydrogen (secondary N) is 1. The topological polar surface area (TPSA) is 71.8 Å². The lowest BCUT2D eigenvalue weighted by molar-refractivity contribution is 0.540. The summed E-state index contributed by atoms with van der Waals surface area (Å²) in [6.45, 7) is 5.92. The molecule has 0 bridgehead atoms. The summed E-state index contributed by atoms with van der Waals surface area (Å²) in [6, 6.07) is 9.59. The summed E-state index contributed by atoms with van der Waals surface area (Å²) in [4.78, 5) is 23.4. The third kappa shape index (κ3) is 3.76. The normalized spacial score (nSPS) is 11.0. The van der Waals surface area contributed by atoms with Crippen LogP contribution in [0.5, 0.6) is 0 Å². The van der Waals surface area contributed by atoms with Gasteiger partial charge in [-0.2, -0.15) is 0 Å². The Morgan fingerprint density at radius 3 is 2.79 bits per heavy atom. The summed E-state index contributed by atoms with van der Waals surface area (Å²) >= 11 is 1.45. The predicted molar refractivity (Wildman–Crippen MR) is 95.2 cm³/mol. The van der Waals surface area contributed by atoms with Gasteiger partial charge in [0.15, 0.2) is 5.16 Å². The first kappa shape index (κ1) is 16.5. The van der Waals surface area contributed by atoms with Gasteiger partial charge in [-0.15, -0.1) is 0 Å². The van der Waals surface area contributed by atoms with Crippen LogP contribution in [-0.2, 0) is 12.2 Å². The smallest absolute Gasteiger partial charge is 0.251 e. The zero-order chi connectivity index (χ0) is 17.1. The van der Waals surface area contributed by atoms with Crippen LogP contribution in [0.1, 0.15) is 29.6 Å². The van der Waals surface area contributed by atoms with Crippen molar-refractivity contribution in [3.8, 4) is 11.5 Å². The van der Waals surface area contributed by atoms with E-state index in [4.69, 9.17) is 4.42 Å². The van der Waals surface area contributed by atoms with Crippen molar-refractivity contribution >= 4 is 11.8 Å². The zero-order valence-corrected chi connectivity index (χ0v) is 14.7. The van der Waals surface area contributed by atoms with Crippen molar-refractivity contribution in [3.05, 3.63) is 63.4 Å². The molecule has 5 nitrogen and oxygen atoms in total. The molecule has 0 atom stereocenters.